The summed E-state index contributed by atoms with van der Waals surface area (Å²) in [4.78, 5) is 28.3. The molecule has 0 aromatic heterocycles. The van der Waals surface area contributed by atoms with E-state index in [2.05, 4.69) is 0 Å². The first kappa shape index (κ1) is 19.2. The number of nitrogens with zero attached hydrogens (tertiary/aromatic N) is 2. The molecule has 3 rings (SSSR count). The second-order valence-electron chi connectivity index (χ2n) is 6.93. The zero-order valence-electron chi connectivity index (χ0n) is 14.6. The normalized spacial score (nSPS) is 22.4. The van der Waals surface area contributed by atoms with Crippen molar-refractivity contribution in [3.05, 3.63) is 34.9 Å². The lowest BCUT2D eigenvalue weighted by Gasteiger charge is -2.36. The lowest BCUT2D eigenvalue weighted by atomic mass is 10.1. The van der Waals surface area contributed by atoms with Gasteiger partial charge < -0.3 is 9.80 Å². The molecule has 8 heteroatoms. The van der Waals surface area contributed by atoms with E-state index >= 15 is 0 Å². The fourth-order valence-electron chi connectivity index (χ4n) is 3.48. The van der Waals surface area contributed by atoms with Crippen LogP contribution in [0.4, 0.5) is 0 Å². The average Bonchev–Trinajstić information content (AvgIpc) is 3.00. The second kappa shape index (κ2) is 7.96. The Morgan fingerprint density at radius 3 is 2.23 bits per heavy atom. The maximum atomic E-state index is 12.5. The number of hydrogen-bond acceptors (Lipinski definition) is 4. The number of benzene rings is 1. The average molecular weight is 399 g/mol. The van der Waals surface area contributed by atoms with Crippen molar-refractivity contribution >= 4 is 33.3 Å². The van der Waals surface area contributed by atoms with Crippen LogP contribution < -0.4 is 0 Å². The van der Waals surface area contributed by atoms with E-state index in [0.29, 0.717) is 50.5 Å². The van der Waals surface area contributed by atoms with Crippen molar-refractivity contribution in [1.29, 1.82) is 0 Å². The molecule has 0 aliphatic carbocycles. The van der Waals surface area contributed by atoms with Crippen LogP contribution in [-0.4, -0.2) is 67.7 Å². The van der Waals surface area contributed by atoms with E-state index in [0.717, 1.165) is 5.56 Å². The number of carbonyl (C=O) groups excluding carboxylic acids is 2. The third-order valence-corrected chi connectivity index (χ3v) is 7.09. The van der Waals surface area contributed by atoms with Gasteiger partial charge in [-0.2, -0.15) is 0 Å². The highest BCUT2D eigenvalue weighted by atomic mass is 35.5. The van der Waals surface area contributed by atoms with Crippen molar-refractivity contribution in [1.82, 2.24) is 9.80 Å². The van der Waals surface area contributed by atoms with E-state index in [1.807, 2.05) is 24.3 Å². The Kier molecular flexibility index (Phi) is 5.87. The molecular formula is C18H23ClN2O4S. The van der Waals surface area contributed by atoms with Crippen LogP contribution in [0.5, 0.6) is 0 Å². The van der Waals surface area contributed by atoms with Gasteiger partial charge in [-0.1, -0.05) is 23.7 Å². The Morgan fingerprint density at radius 1 is 1.04 bits per heavy atom. The van der Waals surface area contributed by atoms with Crippen LogP contribution in [0.3, 0.4) is 0 Å². The molecule has 2 amide bonds. The zero-order chi connectivity index (χ0) is 18.7. The van der Waals surface area contributed by atoms with Crippen LogP contribution in [0.25, 0.3) is 0 Å². The van der Waals surface area contributed by atoms with Crippen LogP contribution in [0, 0.1) is 5.92 Å². The maximum Gasteiger partial charge on any atom is 0.226 e. The monoisotopic (exact) mass is 398 g/mol. The number of amides is 2. The van der Waals surface area contributed by atoms with Gasteiger partial charge in [0.1, 0.15) is 0 Å². The molecule has 1 aromatic rings. The van der Waals surface area contributed by atoms with Gasteiger partial charge in [-0.25, -0.2) is 8.42 Å². The third kappa shape index (κ3) is 4.76. The molecule has 142 valence electrons. The van der Waals surface area contributed by atoms with Gasteiger partial charge in [0.05, 0.1) is 17.4 Å². The summed E-state index contributed by atoms with van der Waals surface area (Å²) in [6.07, 6.45) is 1.51. The Labute approximate surface area is 159 Å². The molecule has 0 saturated carbocycles. The van der Waals surface area contributed by atoms with Gasteiger partial charge in [-0.3, -0.25) is 9.59 Å². The minimum absolute atomic E-state index is 0.0356. The fourth-order valence-corrected chi connectivity index (χ4v) is 5.34. The Hall–Kier alpha value is -1.60. The molecule has 0 N–H and O–H groups in total. The van der Waals surface area contributed by atoms with Crippen molar-refractivity contribution in [2.45, 2.75) is 19.3 Å². The van der Waals surface area contributed by atoms with Crippen molar-refractivity contribution in [3.63, 3.8) is 0 Å². The van der Waals surface area contributed by atoms with Crippen molar-refractivity contribution < 1.29 is 18.0 Å². The number of hydrogen-bond donors (Lipinski definition) is 0. The molecule has 2 aliphatic heterocycles. The Balaban J connectivity index is 1.45. The standard InChI is InChI=1S/C18H23ClN2O4S/c19-16-4-1-14(2-5-16)3-6-17(22)20-8-10-21(11-9-20)18(23)15-7-12-26(24,25)13-15/h1-2,4-5,15H,3,6-13H2. The minimum Gasteiger partial charge on any atom is -0.339 e. The van der Waals surface area contributed by atoms with Gasteiger partial charge >= 0.3 is 0 Å². The fraction of sp³-hybridized carbons (Fsp3) is 0.556. The first-order valence-corrected chi connectivity index (χ1v) is 11.1. The lowest BCUT2D eigenvalue weighted by molar-refractivity contribution is -0.141. The molecule has 2 fully saturated rings. The van der Waals surface area contributed by atoms with Crippen LogP contribution in [0.1, 0.15) is 18.4 Å². The molecule has 0 radical (unpaired) electrons. The van der Waals surface area contributed by atoms with Gasteiger partial charge in [0, 0.05) is 37.6 Å². The number of rotatable bonds is 4. The quantitative estimate of drug-likeness (QED) is 0.767. The Morgan fingerprint density at radius 2 is 1.65 bits per heavy atom. The summed E-state index contributed by atoms with van der Waals surface area (Å²) in [5, 5.41) is 0.677. The number of carbonyl (C=O) groups is 2. The minimum atomic E-state index is -3.06. The summed E-state index contributed by atoms with van der Waals surface area (Å²) >= 11 is 5.86. The van der Waals surface area contributed by atoms with Crippen molar-refractivity contribution in [2.75, 3.05) is 37.7 Å². The molecule has 26 heavy (non-hydrogen) atoms. The van der Waals surface area contributed by atoms with E-state index in [1.54, 1.807) is 9.80 Å². The molecule has 2 saturated heterocycles. The molecular weight excluding hydrogens is 376 g/mol. The highest BCUT2D eigenvalue weighted by Gasteiger charge is 2.36. The van der Waals surface area contributed by atoms with E-state index < -0.39 is 15.8 Å². The first-order valence-electron chi connectivity index (χ1n) is 8.85. The zero-order valence-corrected chi connectivity index (χ0v) is 16.1. The van der Waals surface area contributed by atoms with Gasteiger partial charge in [0.2, 0.25) is 11.8 Å². The number of aryl methyl sites for hydroxylation is 1. The lowest BCUT2D eigenvalue weighted by Crippen LogP contribution is -2.52. The predicted octanol–water partition coefficient (Wildman–Crippen LogP) is 1.38. The number of sulfone groups is 1. The molecule has 6 nitrogen and oxygen atoms in total. The summed E-state index contributed by atoms with van der Waals surface area (Å²) in [5.74, 6) is -0.347. The molecule has 2 aliphatic rings. The smallest absolute Gasteiger partial charge is 0.226 e. The Bertz CT molecular complexity index is 771. The molecule has 1 aromatic carbocycles. The summed E-state index contributed by atoms with van der Waals surface area (Å²) in [7, 11) is -3.06. The van der Waals surface area contributed by atoms with Crippen LogP contribution in [0.15, 0.2) is 24.3 Å². The third-order valence-electron chi connectivity index (χ3n) is 5.07. The van der Waals surface area contributed by atoms with Gasteiger partial charge in [0.15, 0.2) is 9.84 Å². The SMILES string of the molecule is O=C(CCc1ccc(Cl)cc1)N1CCN(C(=O)C2CCS(=O)(=O)C2)CC1. The van der Waals surface area contributed by atoms with Gasteiger partial charge in [0.25, 0.3) is 0 Å². The largest absolute Gasteiger partial charge is 0.339 e. The van der Waals surface area contributed by atoms with Crippen molar-refractivity contribution in [2.24, 2.45) is 5.92 Å². The van der Waals surface area contributed by atoms with Gasteiger partial charge in [-0.05, 0) is 30.5 Å². The van der Waals surface area contributed by atoms with E-state index in [-0.39, 0.29) is 23.3 Å². The maximum absolute atomic E-state index is 12.5. The van der Waals surface area contributed by atoms with Crippen LogP contribution in [0.2, 0.25) is 5.02 Å². The molecule has 1 unspecified atom stereocenters. The second-order valence-corrected chi connectivity index (χ2v) is 9.60. The molecule has 1 atom stereocenters. The highest BCUT2D eigenvalue weighted by Crippen LogP contribution is 2.21. The molecule has 2 heterocycles. The van der Waals surface area contributed by atoms with Crippen molar-refractivity contribution in [3.8, 4) is 0 Å². The number of piperazine rings is 1. The van der Waals surface area contributed by atoms with Crippen LogP contribution >= 0.6 is 11.6 Å². The number of halogens is 1. The van der Waals surface area contributed by atoms with Crippen LogP contribution in [-0.2, 0) is 25.8 Å². The first-order chi connectivity index (χ1) is 12.3. The molecule has 0 spiro atoms. The molecule has 0 bridgehead atoms. The van der Waals surface area contributed by atoms with Gasteiger partial charge in [-0.15, -0.1) is 0 Å². The predicted molar refractivity (Wildman–Crippen MR) is 99.7 cm³/mol. The summed E-state index contributed by atoms with van der Waals surface area (Å²) in [6, 6.07) is 7.47. The summed E-state index contributed by atoms with van der Waals surface area (Å²) < 4.78 is 23.1. The van der Waals surface area contributed by atoms with E-state index in [9.17, 15) is 18.0 Å². The summed E-state index contributed by atoms with van der Waals surface area (Å²) in [6.45, 7) is 1.96. The topological polar surface area (TPSA) is 74.8 Å². The van der Waals surface area contributed by atoms with E-state index in [1.165, 1.54) is 0 Å². The summed E-state index contributed by atoms with van der Waals surface area (Å²) in [5.41, 5.74) is 1.07. The van der Waals surface area contributed by atoms with E-state index in [4.69, 9.17) is 11.6 Å². The highest BCUT2D eigenvalue weighted by molar-refractivity contribution is 7.91.